The van der Waals surface area contributed by atoms with Crippen LogP contribution in [0, 0.1) is 0 Å². The van der Waals surface area contributed by atoms with Gasteiger partial charge in [0.15, 0.2) is 0 Å². The van der Waals surface area contributed by atoms with Gasteiger partial charge in [0.25, 0.3) is 0 Å². The van der Waals surface area contributed by atoms with E-state index in [0.29, 0.717) is 11.6 Å². The molecule has 0 aromatic carbocycles. The Morgan fingerprint density at radius 1 is 1.22 bits per heavy atom. The van der Waals surface area contributed by atoms with Crippen molar-refractivity contribution in [1.29, 1.82) is 0 Å². The highest BCUT2D eigenvalue weighted by molar-refractivity contribution is 5.88. The van der Waals surface area contributed by atoms with Gasteiger partial charge in [-0.1, -0.05) is 19.3 Å². The van der Waals surface area contributed by atoms with Crippen LogP contribution in [-0.2, 0) is 20.8 Å². The van der Waals surface area contributed by atoms with Gasteiger partial charge in [-0.25, -0.2) is 4.79 Å². The normalized spacial score (nSPS) is 16.2. The first-order valence-electron chi connectivity index (χ1n) is 8.30. The van der Waals surface area contributed by atoms with Gasteiger partial charge in [0, 0.05) is 6.20 Å². The van der Waals surface area contributed by atoms with E-state index >= 15 is 0 Å². The van der Waals surface area contributed by atoms with Crippen molar-refractivity contribution in [2.75, 3.05) is 7.11 Å². The third-order valence-electron chi connectivity index (χ3n) is 4.11. The zero-order valence-electron chi connectivity index (χ0n) is 14.6. The van der Waals surface area contributed by atoms with E-state index in [4.69, 9.17) is 9.47 Å². The molecule has 1 aromatic rings. The predicted molar refractivity (Wildman–Crippen MR) is 87.4 cm³/mol. The molecule has 0 atom stereocenters. The van der Waals surface area contributed by atoms with Crippen LogP contribution in [0.3, 0.4) is 0 Å². The van der Waals surface area contributed by atoms with Crippen LogP contribution in [0.1, 0.15) is 74.8 Å². The molecule has 23 heavy (non-hydrogen) atoms. The van der Waals surface area contributed by atoms with Gasteiger partial charge in [-0.05, 0) is 51.2 Å². The van der Waals surface area contributed by atoms with Gasteiger partial charge in [-0.15, -0.1) is 0 Å². The van der Waals surface area contributed by atoms with Gasteiger partial charge in [0.1, 0.15) is 17.8 Å². The fourth-order valence-corrected chi connectivity index (χ4v) is 3.11. The van der Waals surface area contributed by atoms with Crippen molar-refractivity contribution in [2.45, 2.75) is 70.9 Å². The molecule has 0 N–H and O–H groups in total. The Bertz CT molecular complexity index is 562. The Labute approximate surface area is 138 Å². The summed E-state index contributed by atoms with van der Waals surface area (Å²) in [5, 5.41) is 0. The molecule has 5 heteroatoms. The van der Waals surface area contributed by atoms with E-state index in [2.05, 4.69) is 0 Å². The van der Waals surface area contributed by atoms with Crippen molar-refractivity contribution in [2.24, 2.45) is 0 Å². The second-order valence-corrected chi connectivity index (χ2v) is 7.20. The molecule has 128 valence electrons. The quantitative estimate of drug-likeness (QED) is 0.794. The minimum atomic E-state index is -0.540. The highest BCUT2D eigenvalue weighted by Crippen LogP contribution is 2.33. The van der Waals surface area contributed by atoms with Crippen molar-refractivity contribution >= 4 is 11.9 Å². The molecule has 0 saturated heterocycles. The second kappa shape index (κ2) is 7.20. The number of methoxy groups -OCH3 is 1. The summed E-state index contributed by atoms with van der Waals surface area (Å²) >= 11 is 0. The summed E-state index contributed by atoms with van der Waals surface area (Å²) < 4.78 is 11.9. The Morgan fingerprint density at radius 2 is 1.87 bits per heavy atom. The molecule has 0 unspecified atom stereocenters. The SMILES string of the molecule is COC(=O)c1cc(C2CCCCC2)cn1CC(=O)OC(C)(C)C. The van der Waals surface area contributed by atoms with Gasteiger partial charge in [-0.2, -0.15) is 0 Å². The third-order valence-corrected chi connectivity index (χ3v) is 4.11. The number of ether oxygens (including phenoxy) is 2. The lowest BCUT2D eigenvalue weighted by atomic mass is 9.85. The van der Waals surface area contributed by atoms with Crippen LogP contribution in [0.4, 0.5) is 0 Å². The molecule has 0 amide bonds. The van der Waals surface area contributed by atoms with Crippen molar-refractivity contribution in [3.63, 3.8) is 0 Å². The van der Waals surface area contributed by atoms with E-state index in [1.807, 2.05) is 33.0 Å². The lowest BCUT2D eigenvalue weighted by Crippen LogP contribution is -2.27. The molecule has 1 saturated carbocycles. The van der Waals surface area contributed by atoms with Crippen molar-refractivity contribution in [1.82, 2.24) is 4.57 Å². The minimum Gasteiger partial charge on any atom is -0.464 e. The summed E-state index contributed by atoms with van der Waals surface area (Å²) in [6.45, 7) is 5.51. The molecule has 0 aliphatic heterocycles. The standard InChI is InChI=1S/C18H27NO4/c1-18(2,3)23-16(20)12-19-11-14(10-15(19)17(21)22-4)13-8-6-5-7-9-13/h10-11,13H,5-9,12H2,1-4H3. The molecule has 1 aliphatic rings. The maximum atomic E-state index is 12.1. The Kier molecular flexibility index (Phi) is 5.50. The lowest BCUT2D eigenvalue weighted by Gasteiger charge is -2.21. The maximum Gasteiger partial charge on any atom is 0.354 e. The number of nitrogens with zero attached hydrogens (tertiary/aromatic N) is 1. The zero-order chi connectivity index (χ0) is 17.0. The Morgan fingerprint density at radius 3 is 2.43 bits per heavy atom. The van der Waals surface area contributed by atoms with E-state index < -0.39 is 11.6 Å². The number of esters is 2. The fourth-order valence-electron chi connectivity index (χ4n) is 3.11. The van der Waals surface area contributed by atoms with Crippen LogP contribution in [0.25, 0.3) is 0 Å². The molecule has 1 aromatic heterocycles. The summed E-state index contributed by atoms with van der Waals surface area (Å²) in [7, 11) is 1.35. The minimum absolute atomic E-state index is 0.0222. The summed E-state index contributed by atoms with van der Waals surface area (Å²) in [4.78, 5) is 24.1. The van der Waals surface area contributed by atoms with Crippen LogP contribution in [0.5, 0.6) is 0 Å². The molecular formula is C18H27NO4. The van der Waals surface area contributed by atoms with Crippen molar-refractivity contribution in [3.05, 3.63) is 23.5 Å². The molecule has 2 rings (SSSR count). The number of rotatable bonds is 4. The van der Waals surface area contributed by atoms with E-state index in [0.717, 1.165) is 18.4 Å². The molecule has 1 aliphatic carbocycles. The van der Waals surface area contributed by atoms with E-state index in [1.165, 1.54) is 26.4 Å². The third kappa shape index (κ3) is 4.85. The summed E-state index contributed by atoms with van der Waals surface area (Å²) in [5.74, 6) is -0.309. The monoisotopic (exact) mass is 321 g/mol. The van der Waals surface area contributed by atoms with E-state index in [1.54, 1.807) is 4.57 Å². The van der Waals surface area contributed by atoms with Crippen molar-refractivity contribution in [3.8, 4) is 0 Å². The lowest BCUT2D eigenvalue weighted by molar-refractivity contribution is -0.155. The van der Waals surface area contributed by atoms with Gasteiger partial charge in [-0.3, -0.25) is 4.79 Å². The van der Waals surface area contributed by atoms with Crippen LogP contribution in [0.2, 0.25) is 0 Å². The zero-order valence-corrected chi connectivity index (χ0v) is 14.6. The average molecular weight is 321 g/mol. The first-order valence-corrected chi connectivity index (χ1v) is 8.30. The van der Waals surface area contributed by atoms with Gasteiger partial charge < -0.3 is 14.0 Å². The molecular weight excluding hydrogens is 294 g/mol. The topological polar surface area (TPSA) is 57.5 Å². The molecule has 0 bridgehead atoms. The highest BCUT2D eigenvalue weighted by Gasteiger charge is 2.23. The van der Waals surface area contributed by atoms with E-state index in [-0.39, 0.29) is 12.5 Å². The number of hydrogen-bond acceptors (Lipinski definition) is 4. The van der Waals surface area contributed by atoms with Crippen LogP contribution >= 0.6 is 0 Å². The smallest absolute Gasteiger partial charge is 0.354 e. The Balaban J connectivity index is 2.20. The number of hydrogen-bond donors (Lipinski definition) is 0. The first-order chi connectivity index (χ1) is 10.8. The number of carbonyl (C=O) groups excluding carboxylic acids is 2. The predicted octanol–water partition coefficient (Wildman–Crippen LogP) is 3.66. The number of carbonyl (C=O) groups is 2. The van der Waals surface area contributed by atoms with Crippen LogP contribution < -0.4 is 0 Å². The molecule has 0 radical (unpaired) electrons. The average Bonchev–Trinajstić information content (AvgIpc) is 2.89. The van der Waals surface area contributed by atoms with Crippen LogP contribution in [-0.4, -0.2) is 29.2 Å². The second-order valence-electron chi connectivity index (χ2n) is 7.20. The highest BCUT2D eigenvalue weighted by atomic mass is 16.6. The van der Waals surface area contributed by atoms with Gasteiger partial charge >= 0.3 is 11.9 Å². The molecule has 0 spiro atoms. The first kappa shape index (κ1) is 17.6. The molecule has 1 heterocycles. The summed E-state index contributed by atoms with van der Waals surface area (Å²) in [5.41, 5.74) is 0.995. The van der Waals surface area contributed by atoms with Gasteiger partial charge in [0.2, 0.25) is 0 Å². The van der Waals surface area contributed by atoms with E-state index in [9.17, 15) is 9.59 Å². The molecule has 1 fully saturated rings. The molecule has 5 nitrogen and oxygen atoms in total. The number of aromatic nitrogens is 1. The summed E-state index contributed by atoms with van der Waals surface area (Å²) in [6, 6.07) is 1.87. The van der Waals surface area contributed by atoms with Crippen LogP contribution in [0.15, 0.2) is 12.3 Å². The fraction of sp³-hybridized carbons (Fsp3) is 0.667. The largest absolute Gasteiger partial charge is 0.464 e. The van der Waals surface area contributed by atoms with Crippen molar-refractivity contribution < 1.29 is 19.1 Å². The maximum absolute atomic E-state index is 12.1. The Hall–Kier alpha value is -1.78. The van der Waals surface area contributed by atoms with Gasteiger partial charge in [0.05, 0.1) is 7.11 Å². The summed E-state index contributed by atoms with van der Waals surface area (Å²) in [6.07, 6.45) is 7.89.